The van der Waals surface area contributed by atoms with Gasteiger partial charge < -0.3 is 4.98 Å². The third-order valence-electron chi connectivity index (χ3n) is 5.35. The zero-order valence-corrected chi connectivity index (χ0v) is 16.5. The fourth-order valence-electron chi connectivity index (χ4n) is 3.76. The minimum Gasteiger partial charge on any atom is -0.310 e. The summed E-state index contributed by atoms with van der Waals surface area (Å²) in [7, 11) is 0. The van der Waals surface area contributed by atoms with Gasteiger partial charge in [0.05, 0.1) is 5.69 Å². The number of hydrogen-bond donors (Lipinski definition) is 1. The number of thioether (sulfide) groups is 1. The first-order chi connectivity index (χ1) is 13.6. The first kappa shape index (κ1) is 19.3. The van der Waals surface area contributed by atoms with Crippen molar-refractivity contribution in [1.82, 2.24) is 14.9 Å². The van der Waals surface area contributed by atoms with Gasteiger partial charge in [-0.15, -0.1) is 0 Å². The van der Waals surface area contributed by atoms with E-state index in [1.54, 1.807) is 17.8 Å². The third-order valence-corrected chi connectivity index (χ3v) is 6.34. The Morgan fingerprint density at radius 3 is 2.89 bits per heavy atom. The lowest BCUT2D eigenvalue weighted by molar-refractivity contribution is 0.297. The molecule has 0 saturated heterocycles. The van der Waals surface area contributed by atoms with E-state index in [1.807, 2.05) is 0 Å². The van der Waals surface area contributed by atoms with Gasteiger partial charge in [-0.2, -0.15) is 11.8 Å². The van der Waals surface area contributed by atoms with Crippen LogP contribution in [-0.2, 0) is 18.6 Å². The maximum atomic E-state index is 13.4. The van der Waals surface area contributed by atoms with Crippen LogP contribution in [0.4, 0.5) is 8.78 Å². The van der Waals surface area contributed by atoms with E-state index < -0.39 is 11.6 Å². The highest BCUT2D eigenvalue weighted by atomic mass is 32.2. The van der Waals surface area contributed by atoms with Crippen LogP contribution in [0, 0.1) is 11.6 Å². The Morgan fingerprint density at radius 1 is 1.21 bits per heavy atom. The summed E-state index contributed by atoms with van der Waals surface area (Å²) in [5.74, 6) is 0.966. The van der Waals surface area contributed by atoms with Crippen molar-refractivity contribution >= 4 is 17.3 Å². The Labute approximate surface area is 167 Å². The van der Waals surface area contributed by atoms with E-state index in [-0.39, 0.29) is 5.56 Å². The number of aromatic amines is 1. The van der Waals surface area contributed by atoms with E-state index in [1.165, 1.54) is 12.1 Å². The van der Waals surface area contributed by atoms with Gasteiger partial charge in [0.1, 0.15) is 5.82 Å². The SMILES string of the molecule is O=c1[nH]c(CCCN2CC=C(c3ccc(F)c(F)c3)CC2)nc2c1CSCC2. The van der Waals surface area contributed by atoms with Crippen LogP contribution >= 0.6 is 11.8 Å². The Morgan fingerprint density at radius 2 is 2.11 bits per heavy atom. The van der Waals surface area contributed by atoms with Crippen LogP contribution in [-0.4, -0.2) is 40.3 Å². The highest BCUT2D eigenvalue weighted by Gasteiger charge is 2.17. The summed E-state index contributed by atoms with van der Waals surface area (Å²) in [5, 5.41) is 0. The minimum atomic E-state index is -0.811. The summed E-state index contributed by atoms with van der Waals surface area (Å²) in [6.45, 7) is 2.59. The largest absolute Gasteiger partial charge is 0.310 e. The first-order valence-electron chi connectivity index (χ1n) is 9.65. The molecule has 1 aromatic heterocycles. The van der Waals surface area contributed by atoms with Crippen LogP contribution in [0.5, 0.6) is 0 Å². The molecule has 2 aliphatic heterocycles. The van der Waals surface area contributed by atoms with Gasteiger partial charge in [-0.25, -0.2) is 13.8 Å². The second-order valence-corrected chi connectivity index (χ2v) is 8.36. The smallest absolute Gasteiger partial charge is 0.255 e. The van der Waals surface area contributed by atoms with Gasteiger partial charge in [0.15, 0.2) is 11.6 Å². The van der Waals surface area contributed by atoms with Gasteiger partial charge in [-0.05, 0) is 54.8 Å². The predicted molar refractivity (Wildman–Crippen MR) is 108 cm³/mol. The molecule has 2 aromatic rings. The second-order valence-electron chi connectivity index (χ2n) is 7.25. The van der Waals surface area contributed by atoms with Crippen molar-refractivity contribution < 1.29 is 8.78 Å². The quantitative estimate of drug-likeness (QED) is 0.829. The molecule has 3 heterocycles. The summed E-state index contributed by atoms with van der Waals surface area (Å²) < 4.78 is 26.5. The molecule has 1 N–H and O–H groups in total. The molecule has 0 saturated carbocycles. The Hall–Kier alpha value is -1.99. The highest BCUT2D eigenvalue weighted by molar-refractivity contribution is 7.98. The van der Waals surface area contributed by atoms with Gasteiger partial charge >= 0.3 is 0 Å². The maximum absolute atomic E-state index is 13.4. The monoisotopic (exact) mass is 403 g/mol. The number of nitrogens with zero attached hydrogens (tertiary/aromatic N) is 2. The summed E-state index contributed by atoms with van der Waals surface area (Å²) >= 11 is 1.78. The summed E-state index contributed by atoms with van der Waals surface area (Å²) in [6.07, 6.45) is 5.46. The molecule has 2 aliphatic rings. The molecule has 4 rings (SSSR count). The number of nitrogens with one attached hydrogen (secondary N) is 1. The zero-order chi connectivity index (χ0) is 19.5. The van der Waals surface area contributed by atoms with Crippen LogP contribution in [0.25, 0.3) is 5.57 Å². The van der Waals surface area contributed by atoms with Gasteiger partial charge in [-0.1, -0.05) is 12.1 Å². The Bertz CT molecular complexity index is 957. The van der Waals surface area contributed by atoms with Crippen molar-refractivity contribution in [3.05, 3.63) is 68.9 Å². The molecule has 0 radical (unpaired) electrons. The molecule has 4 nitrogen and oxygen atoms in total. The number of aryl methyl sites for hydroxylation is 2. The van der Waals surface area contributed by atoms with Crippen LogP contribution in [0.15, 0.2) is 29.1 Å². The van der Waals surface area contributed by atoms with Crippen molar-refractivity contribution in [2.24, 2.45) is 0 Å². The van der Waals surface area contributed by atoms with Crippen LogP contribution in [0.3, 0.4) is 0 Å². The van der Waals surface area contributed by atoms with E-state index in [4.69, 9.17) is 0 Å². The number of hydrogen-bond acceptors (Lipinski definition) is 4. The predicted octanol–water partition coefficient (Wildman–Crippen LogP) is 3.56. The van der Waals surface area contributed by atoms with Crippen molar-refractivity contribution in [3.8, 4) is 0 Å². The van der Waals surface area contributed by atoms with Crippen molar-refractivity contribution in [3.63, 3.8) is 0 Å². The number of H-pyrrole nitrogens is 1. The first-order valence-corrected chi connectivity index (χ1v) is 10.8. The van der Waals surface area contributed by atoms with E-state index in [2.05, 4.69) is 20.9 Å². The lowest BCUT2D eigenvalue weighted by Crippen LogP contribution is -2.30. The van der Waals surface area contributed by atoms with E-state index >= 15 is 0 Å². The molecule has 148 valence electrons. The average Bonchev–Trinajstić information content (AvgIpc) is 2.71. The van der Waals surface area contributed by atoms with E-state index in [9.17, 15) is 13.6 Å². The third kappa shape index (κ3) is 4.36. The topological polar surface area (TPSA) is 49.0 Å². The van der Waals surface area contributed by atoms with E-state index in [0.29, 0.717) is 0 Å². The molecule has 0 bridgehead atoms. The van der Waals surface area contributed by atoms with Crippen molar-refractivity contribution in [1.29, 1.82) is 0 Å². The van der Waals surface area contributed by atoms with Gasteiger partial charge in [0.25, 0.3) is 5.56 Å². The maximum Gasteiger partial charge on any atom is 0.255 e. The molecular weight excluding hydrogens is 380 g/mol. The van der Waals surface area contributed by atoms with Crippen molar-refractivity contribution in [2.45, 2.75) is 31.4 Å². The van der Waals surface area contributed by atoms with Gasteiger partial charge in [0, 0.05) is 30.8 Å². The fourth-order valence-corrected chi connectivity index (χ4v) is 4.74. The number of halogens is 2. The molecule has 7 heteroatoms. The molecule has 0 fully saturated rings. The standard InChI is InChI=1S/C21H23F2N3OS/c22-17-4-3-15(12-18(17)23)14-5-9-26(10-6-14)8-1-2-20-24-19-7-11-28-13-16(19)21(27)25-20/h3-5,12H,1-2,6-11,13H2,(H,24,25,27). The van der Waals surface area contributed by atoms with Gasteiger partial charge in [0.2, 0.25) is 0 Å². The average molecular weight is 403 g/mol. The summed E-state index contributed by atoms with van der Waals surface area (Å²) in [6, 6.07) is 4.09. The highest BCUT2D eigenvalue weighted by Crippen LogP contribution is 2.24. The molecule has 28 heavy (non-hydrogen) atoms. The lowest BCUT2D eigenvalue weighted by Gasteiger charge is -2.26. The summed E-state index contributed by atoms with van der Waals surface area (Å²) in [4.78, 5) is 22.1. The van der Waals surface area contributed by atoms with Crippen LogP contribution in [0.2, 0.25) is 0 Å². The van der Waals surface area contributed by atoms with Crippen LogP contribution in [0.1, 0.15) is 35.5 Å². The number of rotatable bonds is 5. The molecule has 1 aromatic carbocycles. The molecule has 0 aliphatic carbocycles. The van der Waals surface area contributed by atoms with Crippen LogP contribution < -0.4 is 5.56 Å². The number of fused-ring (bicyclic) bond motifs is 1. The number of aromatic nitrogens is 2. The normalized spacial score (nSPS) is 17.3. The van der Waals surface area contributed by atoms with Crippen molar-refractivity contribution in [2.75, 3.05) is 25.4 Å². The molecule has 0 atom stereocenters. The second kappa shape index (κ2) is 8.57. The molecule has 0 unspecified atom stereocenters. The fraction of sp³-hybridized carbons (Fsp3) is 0.429. The Balaban J connectivity index is 1.31. The lowest BCUT2D eigenvalue weighted by atomic mass is 9.99. The Kier molecular flexibility index (Phi) is 5.92. The van der Waals surface area contributed by atoms with Gasteiger partial charge in [-0.3, -0.25) is 9.69 Å². The molecule has 0 amide bonds. The summed E-state index contributed by atoms with van der Waals surface area (Å²) in [5.41, 5.74) is 3.64. The number of benzene rings is 1. The molecule has 0 spiro atoms. The molecular formula is C21H23F2N3OS. The van der Waals surface area contributed by atoms with E-state index in [0.717, 1.165) is 85.0 Å². The zero-order valence-electron chi connectivity index (χ0n) is 15.6. The minimum absolute atomic E-state index is 0.0178.